The van der Waals surface area contributed by atoms with Crippen molar-refractivity contribution in [3.63, 3.8) is 0 Å². The van der Waals surface area contributed by atoms with E-state index in [1.807, 2.05) is 0 Å². The Morgan fingerprint density at radius 3 is 2.92 bits per heavy atom. The second-order valence-corrected chi connectivity index (χ2v) is 5.73. The van der Waals surface area contributed by atoms with E-state index in [1.54, 1.807) is 30.3 Å². The molecule has 8 heteroatoms. The predicted molar refractivity (Wildman–Crippen MR) is 88.7 cm³/mol. The molecule has 0 saturated carbocycles. The van der Waals surface area contributed by atoms with E-state index in [4.69, 9.17) is 18.4 Å². The molecule has 134 valence electrons. The maximum absolute atomic E-state index is 12.1. The summed E-state index contributed by atoms with van der Waals surface area (Å²) in [6, 6.07) is 10.2. The number of hydrogen-bond acceptors (Lipinski definition) is 7. The molecule has 1 atom stereocenters. The van der Waals surface area contributed by atoms with Crippen molar-refractivity contribution in [3.05, 3.63) is 53.9 Å². The van der Waals surface area contributed by atoms with E-state index < -0.39 is 6.10 Å². The molecule has 1 aliphatic heterocycles. The van der Waals surface area contributed by atoms with E-state index in [2.05, 4.69) is 10.5 Å². The Bertz CT molecular complexity index is 902. The number of furan rings is 1. The molecule has 2 N–H and O–H groups in total. The Labute approximate surface area is 148 Å². The first-order chi connectivity index (χ1) is 12.7. The topological polar surface area (TPSA) is 107 Å². The molecule has 1 amide bonds. The predicted octanol–water partition coefficient (Wildman–Crippen LogP) is 2.52. The molecule has 0 fully saturated rings. The maximum atomic E-state index is 12.1. The van der Waals surface area contributed by atoms with Crippen molar-refractivity contribution in [1.29, 1.82) is 0 Å². The van der Waals surface area contributed by atoms with Gasteiger partial charge in [0.15, 0.2) is 23.0 Å². The SMILES string of the molecule is O=C(NCC[C@@H](O)c1ccc2c(c1)OCO2)c1cc(-c2ccco2)on1. The summed E-state index contributed by atoms with van der Waals surface area (Å²) in [4.78, 5) is 12.1. The van der Waals surface area contributed by atoms with Crippen LogP contribution in [0.15, 0.2) is 51.6 Å². The number of fused-ring (bicyclic) bond motifs is 1. The number of rotatable bonds is 6. The van der Waals surface area contributed by atoms with Crippen LogP contribution >= 0.6 is 0 Å². The van der Waals surface area contributed by atoms with Gasteiger partial charge in [-0.2, -0.15) is 0 Å². The van der Waals surface area contributed by atoms with Gasteiger partial charge in [0.25, 0.3) is 5.91 Å². The first-order valence-electron chi connectivity index (χ1n) is 8.07. The van der Waals surface area contributed by atoms with E-state index in [-0.39, 0.29) is 24.9 Å². The zero-order chi connectivity index (χ0) is 17.9. The molecule has 2 aromatic heterocycles. The third-order valence-corrected chi connectivity index (χ3v) is 3.99. The molecule has 3 aromatic rings. The van der Waals surface area contributed by atoms with Crippen LogP contribution in [0.3, 0.4) is 0 Å². The van der Waals surface area contributed by atoms with E-state index in [0.717, 1.165) is 0 Å². The first-order valence-corrected chi connectivity index (χ1v) is 8.07. The van der Waals surface area contributed by atoms with E-state index >= 15 is 0 Å². The average molecular weight is 356 g/mol. The summed E-state index contributed by atoms with van der Waals surface area (Å²) in [6.45, 7) is 0.458. The number of nitrogens with one attached hydrogen (secondary N) is 1. The van der Waals surface area contributed by atoms with Crippen molar-refractivity contribution in [2.45, 2.75) is 12.5 Å². The number of carbonyl (C=O) groups excluding carboxylic acids is 1. The smallest absolute Gasteiger partial charge is 0.273 e. The second kappa shape index (κ2) is 6.93. The van der Waals surface area contributed by atoms with Crippen LogP contribution in [-0.2, 0) is 0 Å². The largest absolute Gasteiger partial charge is 0.461 e. The number of nitrogens with zero attached hydrogens (tertiary/aromatic N) is 1. The summed E-state index contributed by atoms with van der Waals surface area (Å²) in [6.07, 6.45) is 1.12. The van der Waals surface area contributed by atoms with Crippen LogP contribution in [-0.4, -0.2) is 29.5 Å². The summed E-state index contributed by atoms with van der Waals surface area (Å²) in [5.41, 5.74) is 0.846. The highest BCUT2D eigenvalue weighted by atomic mass is 16.7. The maximum Gasteiger partial charge on any atom is 0.273 e. The van der Waals surface area contributed by atoms with Gasteiger partial charge in [0.1, 0.15) is 0 Å². The van der Waals surface area contributed by atoms with Crippen molar-refractivity contribution < 1.29 is 28.3 Å². The Balaban J connectivity index is 1.31. The van der Waals surface area contributed by atoms with Gasteiger partial charge in [-0.1, -0.05) is 11.2 Å². The quantitative estimate of drug-likeness (QED) is 0.699. The van der Waals surface area contributed by atoms with Gasteiger partial charge in [0, 0.05) is 12.6 Å². The lowest BCUT2D eigenvalue weighted by Crippen LogP contribution is -2.25. The minimum atomic E-state index is -0.735. The molecular formula is C18H16N2O6. The monoisotopic (exact) mass is 356 g/mol. The third kappa shape index (κ3) is 3.27. The number of amides is 1. The fraction of sp³-hybridized carbons (Fsp3) is 0.222. The normalized spacial score (nSPS) is 13.6. The van der Waals surface area contributed by atoms with Gasteiger partial charge in [0.2, 0.25) is 12.6 Å². The standard InChI is InChI=1S/C18H16N2O6/c21-13(11-3-4-15-16(8-11)25-10-24-15)5-6-19-18(22)12-9-17(26-20-12)14-2-1-7-23-14/h1-4,7-9,13,21H,5-6,10H2,(H,19,22)/t13-/m1/s1. The summed E-state index contributed by atoms with van der Waals surface area (Å²) in [5.74, 6) is 1.76. The van der Waals surface area contributed by atoms with Crippen LogP contribution in [0.1, 0.15) is 28.6 Å². The number of ether oxygens (including phenoxy) is 2. The molecule has 1 aliphatic rings. The second-order valence-electron chi connectivity index (χ2n) is 5.73. The highest BCUT2D eigenvalue weighted by Crippen LogP contribution is 2.34. The Kier molecular flexibility index (Phi) is 4.32. The summed E-state index contributed by atoms with van der Waals surface area (Å²) in [5, 5.41) is 16.7. The van der Waals surface area contributed by atoms with Gasteiger partial charge < -0.3 is 28.8 Å². The fourth-order valence-electron chi connectivity index (χ4n) is 2.62. The number of aromatic nitrogens is 1. The van der Waals surface area contributed by atoms with Crippen molar-refractivity contribution in [1.82, 2.24) is 10.5 Å². The summed E-state index contributed by atoms with van der Waals surface area (Å²) >= 11 is 0. The Hall–Kier alpha value is -3.26. The van der Waals surface area contributed by atoms with Crippen molar-refractivity contribution in [2.24, 2.45) is 0 Å². The van der Waals surface area contributed by atoms with E-state index in [1.165, 1.54) is 12.3 Å². The number of hydrogen-bond donors (Lipinski definition) is 2. The highest BCUT2D eigenvalue weighted by molar-refractivity contribution is 5.92. The highest BCUT2D eigenvalue weighted by Gasteiger charge is 2.18. The van der Waals surface area contributed by atoms with E-state index in [9.17, 15) is 9.90 Å². The molecule has 0 radical (unpaired) electrons. The first kappa shape index (κ1) is 16.2. The molecule has 1 aromatic carbocycles. The van der Waals surface area contributed by atoms with Crippen LogP contribution in [0.2, 0.25) is 0 Å². The molecule has 8 nitrogen and oxygen atoms in total. The van der Waals surface area contributed by atoms with Crippen molar-refractivity contribution in [3.8, 4) is 23.0 Å². The molecule has 26 heavy (non-hydrogen) atoms. The van der Waals surface area contributed by atoms with E-state index in [0.29, 0.717) is 35.0 Å². The number of benzene rings is 1. The minimum Gasteiger partial charge on any atom is -0.461 e. The molecule has 0 saturated heterocycles. The van der Waals surface area contributed by atoms with Crippen molar-refractivity contribution in [2.75, 3.05) is 13.3 Å². The number of carbonyl (C=O) groups is 1. The number of aliphatic hydroxyl groups excluding tert-OH is 1. The molecule has 4 rings (SSSR count). The van der Waals surface area contributed by atoms with Gasteiger partial charge in [-0.05, 0) is 36.2 Å². The third-order valence-electron chi connectivity index (χ3n) is 3.99. The lowest BCUT2D eigenvalue weighted by atomic mass is 10.1. The summed E-state index contributed by atoms with van der Waals surface area (Å²) in [7, 11) is 0. The minimum absolute atomic E-state index is 0.147. The zero-order valence-electron chi connectivity index (χ0n) is 13.7. The molecule has 0 spiro atoms. The van der Waals surface area contributed by atoms with Gasteiger partial charge in [-0.3, -0.25) is 4.79 Å². The van der Waals surface area contributed by atoms with Crippen LogP contribution in [0.4, 0.5) is 0 Å². The molecule has 0 unspecified atom stereocenters. The van der Waals surface area contributed by atoms with Gasteiger partial charge in [-0.25, -0.2) is 0 Å². The van der Waals surface area contributed by atoms with Gasteiger partial charge in [0.05, 0.1) is 12.4 Å². The Morgan fingerprint density at radius 2 is 2.08 bits per heavy atom. The van der Waals surface area contributed by atoms with Crippen LogP contribution < -0.4 is 14.8 Å². The van der Waals surface area contributed by atoms with Gasteiger partial charge in [-0.15, -0.1) is 0 Å². The molecule has 0 aliphatic carbocycles. The fourth-order valence-corrected chi connectivity index (χ4v) is 2.62. The number of aliphatic hydroxyl groups is 1. The van der Waals surface area contributed by atoms with Crippen LogP contribution in [0, 0.1) is 0 Å². The summed E-state index contributed by atoms with van der Waals surface area (Å²) < 4.78 is 20.8. The zero-order valence-corrected chi connectivity index (χ0v) is 13.7. The Morgan fingerprint density at radius 1 is 1.19 bits per heavy atom. The van der Waals surface area contributed by atoms with Gasteiger partial charge >= 0.3 is 0 Å². The lowest BCUT2D eigenvalue weighted by Gasteiger charge is -2.11. The molecular weight excluding hydrogens is 340 g/mol. The lowest BCUT2D eigenvalue weighted by molar-refractivity contribution is 0.0933. The molecule has 0 bridgehead atoms. The van der Waals surface area contributed by atoms with Crippen LogP contribution in [0.5, 0.6) is 11.5 Å². The van der Waals surface area contributed by atoms with Crippen LogP contribution in [0.25, 0.3) is 11.5 Å². The molecule has 3 heterocycles. The average Bonchev–Trinajstić information content (AvgIpc) is 3.41. The van der Waals surface area contributed by atoms with Crippen molar-refractivity contribution >= 4 is 5.91 Å².